The molecule has 1 heterocycles. The Bertz CT molecular complexity index is 1490. The highest BCUT2D eigenvalue weighted by atomic mass is 32.2. The fraction of sp³-hybridized carbons (Fsp3) is 0.400. The van der Waals surface area contributed by atoms with Crippen LogP contribution in [0.2, 0.25) is 0 Å². The van der Waals surface area contributed by atoms with Gasteiger partial charge in [0.25, 0.3) is 5.69 Å². The number of ether oxygens (including phenoxy) is 1. The van der Waals surface area contributed by atoms with Crippen LogP contribution in [0, 0.1) is 10.1 Å². The van der Waals surface area contributed by atoms with E-state index >= 15 is 0 Å². The summed E-state index contributed by atoms with van der Waals surface area (Å²) in [4.78, 5) is 27.9. The lowest BCUT2D eigenvalue weighted by Gasteiger charge is -2.38. The number of amides is 1. The SMILES string of the molecule is C=CCN(C(=O)OCc1ccc([N+](=O)[O-])cc1)C1CCN(CCC(CC(CC)S(=O)(=O)c2ccccc2)c2ccccc2)CC1. The molecular weight excluding hydrogens is 590 g/mol. The Morgan fingerprint density at radius 3 is 2.24 bits per heavy atom. The summed E-state index contributed by atoms with van der Waals surface area (Å²) in [6, 6.07) is 24.9. The van der Waals surface area contributed by atoms with Crippen LogP contribution in [0.4, 0.5) is 10.5 Å². The summed E-state index contributed by atoms with van der Waals surface area (Å²) in [5.74, 6) is 0.0963. The summed E-state index contributed by atoms with van der Waals surface area (Å²) in [6.45, 7) is 8.63. The van der Waals surface area contributed by atoms with Gasteiger partial charge in [-0.1, -0.05) is 61.5 Å². The fourth-order valence-corrected chi connectivity index (χ4v) is 7.87. The van der Waals surface area contributed by atoms with Crippen molar-refractivity contribution >= 4 is 21.6 Å². The topological polar surface area (TPSA) is 110 Å². The largest absolute Gasteiger partial charge is 0.445 e. The van der Waals surface area contributed by atoms with Crippen molar-refractivity contribution in [1.82, 2.24) is 9.80 Å². The van der Waals surface area contributed by atoms with Crippen molar-refractivity contribution in [2.75, 3.05) is 26.2 Å². The first-order chi connectivity index (χ1) is 21.7. The van der Waals surface area contributed by atoms with E-state index in [2.05, 4.69) is 23.6 Å². The number of rotatable bonds is 15. The number of nitro benzene ring substituents is 1. The molecule has 1 fully saturated rings. The van der Waals surface area contributed by atoms with E-state index in [1.165, 1.54) is 12.1 Å². The molecule has 0 spiro atoms. The van der Waals surface area contributed by atoms with Crippen molar-refractivity contribution in [3.63, 3.8) is 0 Å². The Morgan fingerprint density at radius 2 is 1.67 bits per heavy atom. The Hall–Kier alpha value is -4.02. The van der Waals surface area contributed by atoms with Gasteiger partial charge in [0.15, 0.2) is 9.84 Å². The van der Waals surface area contributed by atoms with Gasteiger partial charge in [-0.3, -0.25) is 10.1 Å². The summed E-state index contributed by atoms with van der Waals surface area (Å²) >= 11 is 0. The molecule has 1 amide bonds. The van der Waals surface area contributed by atoms with Gasteiger partial charge in [-0.05, 0) is 80.0 Å². The van der Waals surface area contributed by atoms with Gasteiger partial charge < -0.3 is 14.5 Å². The molecule has 4 rings (SSSR count). The molecular formula is C35H43N3O6S. The molecule has 0 aliphatic carbocycles. The maximum Gasteiger partial charge on any atom is 0.410 e. The predicted molar refractivity (Wildman–Crippen MR) is 176 cm³/mol. The lowest BCUT2D eigenvalue weighted by atomic mass is 9.90. The number of nitro groups is 1. The average molecular weight is 634 g/mol. The first kappa shape index (κ1) is 33.9. The van der Waals surface area contributed by atoms with Crippen molar-refractivity contribution in [3.05, 3.63) is 119 Å². The number of likely N-dealkylation sites (tertiary alicyclic amines) is 1. The summed E-state index contributed by atoms with van der Waals surface area (Å²) in [7, 11) is -3.45. The quantitative estimate of drug-likeness (QED) is 0.101. The van der Waals surface area contributed by atoms with Crippen LogP contribution in [0.5, 0.6) is 0 Å². The first-order valence-electron chi connectivity index (χ1n) is 15.6. The minimum absolute atomic E-state index is 0.00835. The number of sulfone groups is 1. The minimum Gasteiger partial charge on any atom is -0.445 e. The van der Waals surface area contributed by atoms with E-state index in [0.29, 0.717) is 29.8 Å². The number of benzene rings is 3. The lowest BCUT2D eigenvalue weighted by molar-refractivity contribution is -0.384. The third kappa shape index (κ3) is 9.25. The summed E-state index contributed by atoms with van der Waals surface area (Å²) < 4.78 is 32.6. The predicted octanol–water partition coefficient (Wildman–Crippen LogP) is 7.00. The van der Waals surface area contributed by atoms with Crippen molar-refractivity contribution < 1.29 is 22.9 Å². The molecule has 3 aromatic carbocycles. The van der Waals surface area contributed by atoms with Gasteiger partial charge >= 0.3 is 6.09 Å². The van der Waals surface area contributed by atoms with Gasteiger partial charge in [0, 0.05) is 37.8 Å². The molecule has 0 radical (unpaired) electrons. The van der Waals surface area contributed by atoms with E-state index in [-0.39, 0.29) is 24.3 Å². The van der Waals surface area contributed by atoms with Gasteiger partial charge in [-0.15, -0.1) is 6.58 Å². The highest BCUT2D eigenvalue weighted by molar-refractivity contribution is 7.92. The van der Waals surface area contributed by atoms with Gasteiger partial charge in [-0.2, -0.15) is 0 Å². The smallest absolute Gasteiger partial charge is 0.410 e. The number of carbonyl (C=O) groups is 1. The Balaban J connectivity index is 1.34. The van der Waals surface area contributed by atoms with Crippen LogP contribution in [0.25, 0.3) is 0 Å². The highest BCUT2D eigenvalue weighted by Gasteiger charge is 2.31. The molecule has 9 nitrogen and oxygen atoms in total. The van der Waals surface area contributed by atoms with Crippen molar-refractivity contribution in [2.24, 2.45) is 0 Å². The number of non-ortho nitro benzene ring substituents is 1. The van der Waals surface area contributed by atoms with E-state index in [0.717, 1.165) is 44.5 Å². The molecule has 1 aliphatic heterocycles. The maximum absolute atomic E-state index is 13.5. The Labute approximate surface area is 266 Å². The second kappa shape index (κ2) is 16.3. The zero-order chi connectivity index (χ0) is 32.2. The summed E-state index contributed by atoms with van der Waals surface area (Å²) in [6.07, 6.45) is 4.78. The molecule has 3 aromatic rings. The second-order valence-electron chi connectivity index (χ2n) is 11.5. The van der Waals surface area contributed by atoms with Crippen LogP contribution in [-0.4, -0.2) is 66.7 Å². The number of carbonyl (C=O) groups excluding carboxylic acids is 1. The Morgan fingerprint density at radius 1 is 1.04 bits per heavy atom. The van der Waals surface area contributed by atoms with Gasteiger partial charge in [0.2, 0.25) is 0 Å². The third-order valence-electron chi connectivity index (χ3n) is 8.65. The zero-order valence-corrected chi connectivity index (χ0v) is 26.7. The van der Waals surface area contributed by atoms with E-state index in [4.69, 9.17) is 4.74 Å². The van der Waals surface area contributed by atoms with Crippen LogP contribution < -0.4 is 0 Å². The molecule has 2 atom stereocenters. The number of hydrogen-bond donors (Lipinski definition) is 0. The van der Waals surface area contributed by atoms with Gasteiger partial charge in [0.05, 0.1) is 15.1 Å². The number of piperidine rings is 1. The summed E-state index contributed by atoms with van der Waals surface area (Å²) in [5, 5.41) is 10.4. The minimum atomic E-state index is -3.45. The molecule has 0 saturated carbocycles. The maximum atomic E-state index is 13.5. The lowest BCUT2D eigenvalue weighted by Crippen LogP contribution is -2.47. The van der Waals surface area contributed by atoms with Crippen LogP contribution in [0.1, 0.15) is 56.1 Å². The van der Waals surface area contributed by atoms with Crippen LogP contribution in [0.3, 0.4) is 0 Å². The normalized spacial score (nSPS) is 15.6. The van der Waals surface area contributed by atoms with E-state index < -0.39 is 26.1 Å². The molecule has 45 heavy (non-hydrogen) atoms. The van der Waals surface area contributed by atoms with Gasteiger partial charge in [0.1, 0.15) is 6.61 Å². The van der Waals surface area contributed by atoms with Crippen molar-refractivity contribution in [1.29, 1.82) is 0 Å². The van der Waals surface area contributed by atoms with E-state index in [1.54, 1.807) is 47.4 Å². The molecule has 0 aromatic heterocycles. The van der Waals surface area contributed by atoms with Crippen LogP contribution in [0.15, 0.2) is 102 Å². The molecule has 240 valence electrons. The Kier molecular flexibility index (Phi) is 12.3. The molecule has 0 bridgehead atoms. The first-order valence-corrected chi connectivity index (χ1v) is 17.1. The highest BCUT2D eigenvalue weighted by Crippen LogP contribution is 2.32. The molecule has 1 saturated heterocycles. The third-order valence-corrected chi connectivity index (χ3v) is 11.0. The molecule has 0 N–H and O–H groups in total. The molecule has 1 aliphatic rings. The zero-order valence-electron chi connectivity index (χ0n) is 25.9. The van der Waals surface area contributed by atoms with E-state index in [1.807, 2.05) is 31.2 Å². The van der Waals surface area contributed by atoms with Crippen LogP contribution in [-0.2, 0) is 21.2 Å². The fourth-order valence-electron chi connectivity index (χ4n) is 6.03. The van der Waals surface area contributed by atoms with Crippen molar-refractivity contribution in [2.45, 2.75) is 67.7 Å². The molecule has 10 heteroatoms. The standard InChI is InChI=1S/C35H43N3O6S/c1-3-22-37(35(39)44-27-28-15-17-32(18-16-28)38(40)41)31-20-24-36(25-21-31)23-19-30(29-11-7-5-8-12-29)26-33(4-2)45(42,43)34-13-9-6-10-14-34/h3,5-18,30-31,33H,1,4,19-27H2,2H3. The molecule has 2 unspecified atom stereocenters. The number of hydrogen-bond acceptors (Lipinski definition) is 7. The average Bonchev–Trinajstić information content (AvgIpc) is 3.07. The van der Waals surface area contributed by atoms with Gasteiger partial charge in [-0.25, -0.2) is 13.2 Å². The van der Waals surface area contributed by atoms with Crippen LogP contribution >= 0.6 is 0 Å². The monoisotopic (exact) mass is 633 g/mol. The summed E-state index contributed by atoms with van der Waals surface area (Å²) in [5.41, 5.74) is 1.82. The second-order valence-corrected chi connectivity index (χ2v) is 13.7. The van der Waals surface area contributed by atoms with E-state index in [9.17, 15) is 23.3 Å². The number of nitrogens with zero attached hydrogens (tertiary/aromatic N) is 3. The van der Waals surface area contributed by atoms with Crippen molar-refractivity contribution in [3.8, 4) is 0 Å².